The van der Waals surface area contributed by atoms with Crippen LogP contribution in [0.4, 0.5) is 15.8 Å². The number of nitro benzene ring substituents is 1. The molecule has 0 saturated carbocycles. The third kappa shape index (κ3) is 2.01. The summed E-state index contributed by atoms with van der Waals surface area (Å²) in [6, 6.07) is 1.67. The van der Waals surface area contributed by atoms with E-state index in [2.05, 4.69) is 5.32 Å². The molecular weight excluding hydrogens is 205 g/mol. The number of benzene rings is 1. The molecule has 1 aromatic carbocycles. The predicted molar refractivity (Wildman–Crippen MR) is 51.1 cm³/mol. The van der Waals surface area contributed by atoms with E-state index in [1.54, 1.807) is 0 Å². The van der Waals surface area contributed by atoms with Crippen molar-refractivity contribution in [3.63, 3.8) is 0 Å². The Morgan fingerprint density at radius 3 is 2.60 bits per heavy atom. The van der Waals surface area contributed by atoms with Crippen LogP contribution in [0.25, 0.3) is 0 Å². The van der Waals surface area contributed by atoms with Crippen molar-refractivity contribution in [2.75, 3.05) is 12.4 Å². The van der Waals surface area contributed by atoms with E-state index in [1.807, 2.05) is 0 Å². The van der Waals surface area contributed by atoms with E-state index in [0.29, 0.717) is 0 Å². The van der Waals surface area contributed by atoms with Gasteiger partial charge in [-0.2, -0.15) is 0 Å². The summed E-state index contributed by atoms with van der Waals surface area (Å²) in [4.78, 5) is 20.6. The first-order valence-electron chi connectivity index (χ1n) is 3.93. The van der Waals surface area contributed by atoms with Crippen LogP contribution in [0.1, 0.15) is 10.4 Å². The molecule has 0 aliphatic rings. The van der Waals surface area contributed by atoms with Crippen molar-refractivity contribution in [2.45, 2.75) is 0 Å². The maximum Gasteiger partial charge on any atom is 0.293 e. The van der Waals surface area contributed by atoms with E-state index >= 15 is 0 Å². The summed E-state index contributed by atoms with van der Waals surface area (Å²) in [6.07, 6.45) is 0. The number of carbonyl (C=O) groups is 1. The van der Waals surface area contributed by atoms with Crippen LogP contribution in [0, 0.1) is 15.9 Å². The molecule has 0 radical (unpaired) electrons. The second-order valence-electron chi connectivity index (χ2n) is 2.72. The highest BCUT2D eigenvalue weighted by Gasteiger charge is 2.19. The number of hydrogen-bond donors (Lipinski definition) is 2. The summed E-state index contributed by atoms with van der Waals surface area (Å²) in [7, 11) is 1.41. The Morgan fingerprint density at radius 2 is 2.20 bits per heavy atom. The maximum absolute atomic E-state index is 13.2. The van der Waals surface area contributed by atoms with Gasteiger partial charge in [-0.1, -0.05) is 0 Å². The standard InChI is InChI=1S/C8H8FN3O3/c1-11-6-3-5(9)4(8(10)13)2-7(6)12(14)15/h2-3,11H,1H3,(H2,10,13). The monoisotopic (exact) mass is 213 g/mol. The van der Waals surface area contributed by atoms with E-state index < -0.39 is 27.9 Å². The van der Waals surface area contributed by atoms with Crippen molar-refractivity contribution < 1.29 is 14.1 Å². The van der Waals surface area contributed by atoms with Crippen LogP contribution < -0.4 is 11.1 Å². The van der Waals surface area contributed by atoms with Crippen LogP contribution in [-0.2, 0) is 0 Å². The summed E-state index contributed by atoms with van der Waals surface area (Å²) in [5.74, 6) is -1.93. The van der Waals surface area contributed by atoms with Crippen molar-refractivity contribution in [2.24, 2.45) is 5.73 Å². The fourth-order valence-corrected chi connectivity index (χ4v) is 1.10. The van der Waals surface area contributed by atoms with Gasteiger partial charge >= 0.3 is 0 Å². The number of hydrogen-bond acceptors (Lipinski definition) is 4. The molecule has 80 valence electrons. The van der Waals surface area contributed by atoms with Gasteiger partial charge in [0.05, 0.1) is 10.5 Å². The van der Waals surface area contributed by atoms with Gasteiger partial charge < -0.3 is 11.1 Å². The molecule has 6 nitrogen and oxygen atoms in total. The summed E-state index contributed by atoms with van der Waals surface area (Å²) in [6.45, 7) is 0. The van der Waals surface area contributed by atoms with Crippen molar-refractivity contribution >= 4 is 17.3 Å². The van der Waals surface area contributed by atoms with Crippen molar-refractivity contribution in [3.8, 4) is 0 Å². The Labute approximate surface area is 84.0 Å². The molecule has 0 aliphatic heterocycles. The number of anilines is 1. The molecule has 0 saturated heterocycles. The van der Waals surface area contributed by atoms with Crippen LogP contribution in [0.15, 0.2) is 12.1 Å². The first-order valence-corrected chi connectivity index (χ1v) is 3.93. The summed E-state index contributed by atoms with van der Waals surface area (Å²) in [5, 5.41) is 13.0. The van der Waals surface area contributed by atoms with Crippen LogP contribution in [0.2, 0.25) is 0 Å². The fourth-order valence-electron chi connectivity index (χ4n) is 1.10. The van der Waals surface area contributed by atoms with Gasteiger partial charge in [0.1, 0.15) is 11.5 Å². The van der Waals surface area contributed by atoms with Crippen molar-refractivity contribution in [1.82, 2.24) is 0 Å². The zero-order valence-electron chi connectivity index (χ0n) is 7.78. The number of rotatable bonds is 3. The van der Waals surface area contributed by atoms with Crippen LogP contribution >= 0.6 is 0 Å². The van der Waals surface area contributed by atoms with Gasteiger partial charge in [-0.15, -0.1) is 0 Å². The summed E-state index contributed by atoms with van der Waals surface area (Å²) >= 11 is 0. The van der Waals surface area contributed by atoms with Crippen molar-refractivity contribution in [1.29, 1.82) is 0 Å². The van der Waals surface area contributed by atoms with Gasteiger partial charge in [0.25, 0.3) is 11.6 Å². The van der Waals surface area contributed by atoms with E-state index in [9.17, 15) is 19.3 Å². The second-order valence-corrected chi connectivity index (χ2v) is 2.72. The van der Waals surface area contributed by atoms with Gasteiger partial charge in [0, 0.05) is 19.2 Å². The average molecular weight is 213 g/mol. The zero-order chi connectivity index (χ0) is 11.6. The van der Waals surface area contributed by atoms with Gasteiger partial charge in [-0.3, -0.25) is 14.9 Å². The normalized spacial score (nSPS) is 9.73. The molecule has 3 N–H and O–H groups in total. The Hall–Kier alpha value is -2.18. The largest absolute Gasteiger partial charge is 0.382 e. The van der Waals surface area contributed by atoms with Crippen LogP contribution in [0.3, 0.4) is 0 Å². The number of nitro groups is 1. The Balaban J connectivity index is 3.43. The Morgan fingerprint density at radius 1 is 1.60 bits per heavy atom. The van der Waals surface area contributed by atoms with E-state index in [0.717, 1.165) is 12.1 Å². The molecule has 0 aromatic heterocycles. The molecule has 0 bridgehead atoms. The number of halogens is 1. The fraction of sp³-hybridized carbons (Fsp3) is 0.125. The number of primary amides is 1. The SMILES string of the molecule is CNc1cc(F)c(C(N)=O)cc1[N+](=O)[O-]. The molecule has 0 unspecified atom stereocenters. The minimum atomic E-state index is -1.04. The predicted octanol–water partition coefficient (Wildman–Crippen LogP) is 0.875. The van der Waals surface area contributed by atoms with Gasteiger partial charge in [0.2, 0.25) is 0 Å². The quantitative estimate of drug-likeness (QED) is 0.575. The number of nitrogens with zero attached hydrogens (tertiary/aromatic N) is 1. The number of nitrogens with one attached hydrogen (secondary N) is 1. The third-order valence-corrected chi connectivity index (χ3v) is 1.82. The average Bonchev–Trinajstić information content (AvgIpc) is 2.16. The first kappa shape index (κ1) is 10.9. The number of nitrogens with two attached hydrogens (primary N) is 1. The van der Waals surface area contributed by atoms with Gasteiger partial charge in [0.15, 0.2) is 0 Å². The lowest BCUT2D eigenvalue weighted by atomic mass is 10.1. The minimum Gasteiger partial charge on any atom is -0.382 e. The molecule has 1 rings (SSSR count). The maximum atomic E-state index is 13.2. The molecule has 0 heterocycles. The topological polar surface area (TPSA) is 98.3 Å². The van der Waals surface area contributed by atoms with E-state index in [-0.39, 0.29) is 5.69 Å². The molecular formula is C8H8FN3O3. The number of carbonyl (C=O) groups excluding carboxylic acids is 1. The first-order chi connectivity index (χ1) is 6.97. The molecule has 0 spiro atoms. The lowest BCUT2D eigenvalue weighted by molar-refractivity contribution is -0.384. The van der Waals surface area contributed by atoms with E-state index in [4.69, 9.17) is 5.73 Å². The Bertz CT molecular complexity index is 433. The molecule has 0 fully saturated rings. The third-order valence-electron chi connectivity index (χ3n) is 1.82. The highest BCUT2D eigenvalue weighted by molar-refractivity contribution is 5.94. The lowest BCUT2D eigenvalue weighted by Gasteiger charge is -2.04. The Kier molecular flexibility index (Phi) is 2.84. The van der Waals surface area contributed by atoms with Crippen LogP contribution in [-0.4, -0.2) is 17.9 Å². The lowest BCUT2D eigenvalue weighted by Crippen LogP contribution is -2.14. The van der Waals surface area contributed by atoms with Crippen molar-refractivity contribution in [3.05, 3.63) is 33.6 Å². The molecule has 7 heteroatoms. The molecule has 1 aromatic rings. The smallest absolute Gasteiger partial charge is 0.293 e. The van der Waals surface area contributed by atoms with Crippen LogP contribution in [0.5, 0.6) is 0 Å². The molecule has 0 aliphatic carbocycles. The molecule has 0 atom stereocenters. The highest BCUT2D eigenvalue weighted by atomic mass is 19.1. The van der Waals surface area contributed by atoms with E-state index in [1.165, 1.54) is 7.05 Å². The van der Waals surface area contributed by atoms with Gasteiger partial charge in [-0.05, 0) is 0 Å². The highest BCUT2D eigenvalue weighted by Crippen LogP contribution is 2.27. The number of amides is 1. The minimum absolute atomic E-state index is 0.0116. The zero-order valence-corrected chi connectivity index (χ0v) is 7.78. The summed E-state index contributed by atoms with van der Waals surface area (Å²) < 4.78 is 13.2. The summed E-state index contributed by atoms with van der Waals surface area (Å²) in [5.41, 5.74) is 3.95. The molecule has 15 heavy (non-hydrogen) atoms. The van der Waals surface area contributed by atoms with Gasteiger partial charge in [-0.25, -0.2) is 4.39 Å². The second kappa shape index (κ2) is 3.91. The molecule has 1 amide bonds.